The van der Waals surface area contributed by atoms with Crippen LogP contribution in [-0.2, 0) is 0 Å². The summed E-state index contributed by atoms with van der Waals surface area (Å²) in [5, 5.41) is 0. The molecule has 0 aliphatic heterocycles. The van der Waals surface area contributed by atoms with Crippen LogP contribution in [0.5, 0.6) is 0 Å². The minimum Gasteiger partial charge on any atom is -0.126 e. The quantitative estimate of drug-likeness (QED) is 0.501. The van der Waals surface area contributed by atoms with Crippen molar-refractivity contribution in [3.8, 4) is 0 Å². The SMILES string of the molecule is CC=C=C(C)C1CCCC1C. The number of hydrogen-bond donors (Lipinski definition) is 0. The van der Waals surface area contributed by atoms with E-state index >= 15 is 0 Å². The molecule has 2 atom stereocenters. The highest BCUT2D eigenvalue weighted by atomic mass is 14.3. The molecule has 1 fully saturated rings. The molecule has 0 heteroatoms. The first-order valence-electron chi connectivity index (χ1n) is 4.63. The fraction of sp³-hybridized carbons (Fsp3) is 0.727. The molecular formula is C11H18. The Morgan fingerprint density at radius 1 is 1.45 bits per heavy atom. The van der Waals surface area contributed by atoms with Gasteiger partial charge in [0.1, 0.15) is 0 Å². The van der Waals surface area contributed by atoms with Crippen LogP contribution < -0.4 is 0 Å². The molecule has 0 aromatic heterocycles. The standard InChI is InChI=1S/C11H18/c1-4-6-9(2)11-8-5-7-10(11)3/h4,10-11H,5,7-8H2,1-3H3. The molecule has 0 heterocycles. The summed E-state index contributed by atoms with van der Waals surface area (Å²) in [6, 6.07) is 0. The Morgan fingerprint density at radius 2 is 2.18 bits per heavy atom. The van der Waals surface area contributed by atoms with Crippen LogP contribution in [0.3, 0.4) is 0 Å². The molecule has 0 bridgehead atoms. The van der Waals surface area contributed by atoms with Crippen molar-refractivity contribution in [3.63, 3.8) is 0 Å². The second kappa shape index (κ2) is 3.78. The molecule has 0 amide bonds. The zero-order chi connectivity index (χ0) is 8.27. The third kappa shape index (κ3) is 1.97. The van der Waals surface area contributed by atoms with Crippen LogP contribution in [-0.4, -0.2) is 0 Å². The molecule has 2 unspecified atom stereocenters. The topological polar surface area (TPSA) is 0 Å². The average Bonchev–Trinajstić information content (AvgIpc) is 2.36. The average molecular weight is 150 g/mol. The summed E-state index contributed by atoms with van der Waals surface area (Å²) >= 11 is 0. The monoisotopic (exact) mass is 150 g/mol. The van der Waals surface area contributed by atoms with Crippen LogP contribution in [0.2, 0.25) is 0 Å². The lowest BCUT2D eigenvalue weighted by Gasteiger charge is -2.13. The fourth-order valence-electron chi connectivity index (χ4n) is 2.12. The maximum atomic E-state index is 3.31. The molecule has 0 aromatic carbocycles. The Hall–Kier alpha value is -0.480. The highest BCUT2D eigenvalue weighted by molar-refractivity contribution is 5.05. The molecule has 0 N–H and O–H groups in total. The van der Waals surface area contributed by atoms with Gasteiger partial charge in [-0.2, -0.15) is 0 Å². The zero-order valence-corrected chi connectivity index (χ0v) is 7.85. The van der Waals surface area contributed by atoms with E-state index < -0.39 is 0 Å². The summed E-state index contributed by atoms with van der Waals surface area (Å²) in [5.74, 6) is 1.72. The van der Waals surface area contributed by atoms with Crippen LogP contribution in [0.4, 0.5) is 0 Å². The van der Waals surface area contributed by atoms with Crippen LogP contribution in [0, 0.1) is 11.8 Å². The molecule has 62 valence electrons. The van der Waals surface area contributed by atoms with Gasteiger partial charge in [-0.25, -0.2) is 0 Å². The van der Waals surface area contributed by atoms with E-state index in [9.17, 15) is 0 Å². The van der Waals surface area contributed by atoms with E-state index in [1.165, 1.54) is 24.8 Å². The van der Waals surface area contributed by atoms with Crippen LogP contribution in [0.15, 0.2) is 17.4 Å². The second-order valence-electron chi connectivity index (χ2n) is 3.63. The van der Waals surface area contributed by atoms with Crippen molar-refractivity contribution >= 4 is 0 Å². The second-order valence-corrected chi connectivity index (χ2v) is 3.63. The summed E-state index contributed by atoms with van der Waals surface area (Å²) in [4.78, 5) is 0. The van der Waals surface area contributed by atoms with Gasteiger partial charge in [0.15, 0.2) is 0 Å². The lowest BCUT2D eigenvalue weighted by atomic mass is 9.91. The summed E-state index contributed by atoms with van der Waals surface area (Å²) in [5.41, 5.74) is 4.77. The summed E-state index contributed by atoms with van der Waals surface area (Å²) in [6.45, 7) is 6.62. The van der Waals surface area contributed by atoms with E-state index in [0.29, 0.717) is 0 Å². The highest BCUT2D eigenvalue weighted by Gasteiger charge is 2.23. The Morgan fingerprint density at radius 3 is 2.64 bits per heavy atom. The Labute approximate surface area is 70.0 Å². The third-order valence-electron chi connectivity index (χ3n) is 2.79. The maximum Gasteiger partial charge on any atom is -0.0104 e. The summed E-state index contributed by atoms with van der Waals surface area (Å²) < 4.78 is 0. The van der Waals surface area contributed by atoms with Crippen LogP contribution >= 0.6 is 0 Å². The smallest absolute Gasteiger partial charge is 0.0104 e. The first-order valence-corrected chi connectivity index (χ1v) is 4.63. The Kier molecular flexibility index (Phi) is 2.96. The van der Waals surface area contributed by atoms with E-state index in [4.69, 9.17) is 0 Å². The number of allylic oxidation sites excluding steroid dienone is 1. The van der Waals surface area contributed by atoms with Gasteiger partial charge in [0, 0.05) is 0 Å². The van der Waals surface area contributed by atoms with Gasteiger partial charge in [-0.1, -0.05) is 19.8 Å². The highest BCUT2D eigenvalue weighted by Crippen LogP contribution is 2.35. The fourth-order valence-corrected chi connectivity index (χ4v) is 2.12. The van der Waals surface area contributed by atoms with Gasteiger partial charge in [0.2, 0.25) is 0 Å². The molecule has 0 spiro atoms. The van der Waals surface area contributed by atoms with Gasteiger partial charge in [0.25, 0.3) is 0 Å². The van der Waals surface area contributed by atoms with E-state index in [0.717, 1.165) is 11.8 Å². The summed E-state index contributed by atoms with van der Waals surface area (Å²) in [7, 11) is 0. The first-order chi connectivity index (χ1) is 5.25. The van der Waals surface area contributed by atoms with E-state index in [1.54, 1.807) is 0 Å². The molecule has 0 saturated heterocycles. The van der Waals surface area contributed by atoms with Gasteiger partial charge >= 0.3 is 0 Å². The predicted molar refractivity (Wildman–Crippen MR) is 49.4 cm³/mol. The van der Waals surface area contributed by atoms with Crippen molar-refractivity contribution in [2.75, 3.05) is 0 Å². The largest absolute Gasteiger partial charge is 0.126 e. The molecule has 1 saturated carbocycles. The molecule has 11 heavy (non-hydrogen) atoms. The normalized spacial score (nSPS) is 29.7. The third-order valence-corrected chi connectivity index (χ3v) is 2.79. The molecule has 1 rings (SSSR count). The van der Waals surface area contributed by atoms with Gasteiger partial charge < -0.3 is 0 Å². The number of hydrogen-bond acceptors (Lipinski definition) is 0. The summed E-state index contributed by atoms with van der Waals surface area (Å²) in [6.07, 6.45) is 6.23. The van der Waals surface area contributed by atoms with Gasteiger partial charge in [-0.05, 0) is 43.8 Å². The lowest BCUT2D eigenvalue weighted by molar-refractivity contribution is 0.480. The Balaban J connectivity index is 2.67. The minimum atomic E-state index is 0.825. The van der Waals surface area contributed by atoms with Crippen LogP contribution in [0.1, 0.15) is 40.0 Å². The molecule has 1 aliphatic carbocycles. The van der Waals surface area contributed by atoms with Crippen molar-refractivity contribution in [2.45, 2.75) is 40.0 Å². The van der Waals surface area contributed by atoms with Crippen molar-refractivity contribution < 1.29 is 0 Å². The molecule has 0 radical (unpaired) electrons. The van der Waals surface area contributed by atoms with E-state index in [2.05, 4.69) is 19.6 Å². The number of rotatable bonds is 1. The minimum absolute atomic E-state index is 0.825. The molecular weight excluding hydrogens is 132 g/mol. The van der Waals surface area contributed by atoms with Gasteiger partial charge in [-0.3, -0.25) is 0 Å². The van der Waals surface area contributed by atoms with E-state index in [1.807, 2.05) is 13.0 Å². The molecule has 0 nitrogen and oxygen atoms in total. The van der Waals surface area contributed by atoms with Crippen molar-refractivity contribution in [3.05, 3.63) is 17.4 Å². The van der Waals surface area contributed by atoms with Crippen molar-refractivity contribution in [2.24, 2.45) is 11.8 Å². The van der Waals surface area contributed by atoms with Crippen molar-refractivity contribution in [1.82, 2.24) is 0 Å². The van der Waals surface area contributed by atoms with Crippen LogP contribution in [0.25, 0.3) is 0 Å². The van der Waals surface area contributed by atoms with E-state index in [-0.39, 0.29) is 0 Å². The Bertz CT molecular complexity index is 182. The van der Waals surface area contributed by atoms with Crippen molar-refractivity contribution in [1.29, 1.82) is 0 Å². The maximum absolute atomic E-state index is 3.31. The zero-order valence-electron chi connectivity index (χ0n) is 7.85. The van der Waals surface area contributed by atoms with Gasteiger partial charge in [0.05, 0.1) is 0 Å². The first kappa shape index (κ1) is 8.62. The lowest BCUT2D eigenvalue weighted by Crippen LogP contribution is -2.03. The molecule has 1 aliphatic rings. The predicted octanol–water partition coefficient (Wildman–Crippen LogP) is 3.54. The van der Waals surface area contributed by atoms with Gasteiger partial charge in [-0.15, -0.1) is 5.73 Å². The molecule has 0 aromatic rings.